The van der Waals surface area contributed by atoms with Gasteiger partial charge in [0.15, 0.2) is 5.82 Å². The Balaban J connectivity index is 1.79. The predicted molar refractivity (Wildman–Crippen MR) is 75.4 cm³/mol. The van der Waals surface area contributed by atoms with Gasteiger partial charge in [0.25, 0.3) is 0 Å². The summed E-state index contributed by atoms with van der Waals surface area (Å²) in [6, 6.07) is 9.90. The van der Waals surface area contributed by atoms with E-state index < -0.39 is 0 Å². The molecule has 1 unspecified atom stereocenters. The molecule has 3 rings (SSSR count). The number of rotatable bonds is 5. The van der Waals surface area contributed by atoms with Crippen LogP contribution in [0.15, 0.2) is 30.3 Å². The molecule has 1 heterocycles. The first kappa shape index (κ1) is 13.2. The lowest BCUT2D eigenvalue weighted by Crippen LogP contribution is -2.21. The monoisotopic (exact) mass is 272 g/mol. The molecule has 1 aliphatic rings. The number of aliphatic hydroxyl groups is 1. The van der Waals surface area contributed by atoms with Crippen LogP contribution in [0, 0.1) is 11.8 Å². The minimum Gasteiger partial charge on any atom is -0.396 e. The van der Waals surface area contributed by atoms with Crippen LogP contribution in [-0.4, -0.2) is 31.9 Å². The Kier molecular flexibility index (Phi) is 4.06. The number of hydrogen-bond donors (Lipinski definition) is 1. The van der Waals surface area contributed by atoms with Crippen molar-refractivity contribution in [2.24, 2.45) is 11.8 Å². The quantitative estimate of drug-likeness (QED) is 0.904. The molecule has 1 fully saturated rings. The fourth-order valence-electron chi connectivity index (χ4n) is 3.15. The Bertz CT molecular complexity index is 534. The maximum Gasteiger partial charge on any atom is 0.157 e. The van der Waals surface area contributed by atoms with Gasteiger partial charge < -0.3 is 5.11 Å². The Morgan fingerprint density at radius 3 is 2.65 bits per heavy atom. The maximum atomic E-state index is 9.67. The van der Waals surface area contributed by atoms with Gasteiger partial charge in [-0.15, -0.1) is 5.10 Å². The van der Waals surface area contributed by atoms with E-state index in [1.54, 1.807) is 4.68 Å². The lowest BCUT2D eigenvalue weighted by Gasteiger charge is -2.20. The summed E-state index contributed by atoms with van der Waals surface area (Å²) in [7, 11) is 0. The van der Waals surface area contributed by atoms with Gasteiger partial charge in [0.05, 0.1) is 5.69 Å². The second-order valence-corrected chi connectivity index (χ2v) is 5.53. The first-order valence-electron chi connectivity index (χ1n) is 7.32. The maximum absolute atomic E-state index is 9.67. The van der Waals surface area contributed by atoms with Gasteiger partial charge in [0.2, 0.25) is 0 Å². The molecule has 0 saturated heterocycles. The fourth-order valence-corrected chi connectivity index (χ4v) is 3.15. The van der Waals surface area contributed by atoms with Crippen molar-refractivity contribution in [1.29, 1.82) is 0 Å². The average Bonchev–Trinajstić information content (AvgIpc) is 3.17. The predicted octanol–water partition coefficient (Wildman–Crippen LogP) is 2.00. The number of tetrazole rings is 1. The molecule has 5 nitrogen and oxygen atoms in total. The number of aliphatic hydroxyl groups excluding tert-OH is 1. The van der Waals surface area contributed by atoms with Gasteiger partial charge in [-0.05, 0) is 34.4 Å². The van der Waals surface area contributed by atoms with Crippen molar-refractivity contribution in [3.05, 3.63) is 36.2 Å². The second-order valence-electron chi connectivity index (χ2n) is 5.53. The highest BCUT2D eigenvalue weighted by atomic mass is 16.3. The summed E-state index contributed by atoms with van der Waals surface area (Å²) in [6.45, 7) is 0.215. The third kappa shape index (κ3) is 2.72. The molecule has 0 amide bonds. The second kappa shape index (κ2) is 6.13. The van der Waals surface area contributed by atoms with Crippen LogP contribution in [0.4, 0.5) is 0 Å². The van der Waals surface area contributed by atoms with Crippen molar-refractivity contribution in [3.63, 3.8) is 0 Å². The smallest absolute Gasteiger partial charge is 0.157 e. The highest BCUT2D eigenvalue weighted by Gasteiger charge is 2.26. The van der Waals surface area contributed by atoms with Crippen LogP contribution < -0.4 is 0 Å². The van der Waals surface area contributed by atoms with E-state index in [-0.39, 0.29) is 12.5 Å². The number of aromatic nitrogens is 4. The van der Waals surface area contributed by atoms with Crippen molar-refractivity contribution in [3.8, 4) is 5.69 Å². The summed E-state index contributed by atoms with van der Waals surface area (Å²) in [6.07, 6.45) is 5.74. The van der Waals surface area contributed by atoms with Crippen molar-refractivity contribution in [2.45, 2.75) is 32.1 Å². The van der Waals surface area contributed by atoms with Crippen LogP contribution in [-0.2, 0) is 6.42 Å². The lowest BCUT2D eigenvalue weighted by molar-refractivity contribution is 0.173. The van der Waals surface area contributed by atoms with Crippen LogP contribution in [0.25, 0.3) is 5.69 Å². The van der Waals surface area contributed by atoms with Gasteiger partial charge in [-0.3, -0.25) is 0 Å². The molecule has 2 aromatic rings. The summed E-state index contributed by atoms with van der Waals surface area (Å²) < 4.78 is 1.78. The summed E-state index contributed by atoms with van der Waals surface area (Å²) in [5.41, 5.74) is 0.968. The molecule has 0 bridgehead atoms. The molecule has 0 spiro atoms. The Labute approximate surface area is 118 Å². The third-order valence-electron chi connectivity index (χ3n) is 4.28. The zero-order valence-corrected chi connectivity index (χ0v) is 11.5. The number of hydrogen-bond acceptors (Lipinski definition) is 4. The van der Waals surface area contributed by atoms with E-state index in [4.69, 9.17) is 0 Å². The number of nitrogens with zero attached hydrogens (tertiary/aromatic N) is 4. The molecule has 106 valence electrons. The van der Waals surface area contributed by atoms with E-state index >= 15 is 0 Å². The minimum absolute atomic E-state index is 0.215. The van der Waals surface area contributed by atoms with Gasteiger partial charge in [-0.25, -0.2) is 0 Å². The van der Waals surface area contributed by atoms with E-state index in [2.05, 4.69) is 15.5 Å². The van der Waals surface area contributed by atoms with Crippen LogP contribution in [0.3, 0.4) is 0 Å². The largest absolute Gasteiger partial charge is 0.396 e. The van der Waals surface area contributed by atoms with Gasteiger partial charge in [-0.1, -0.05) is 43.9 Å². The molecule has 1 saturated carbocycles. The molecule has 20 heavy (non-hydrogen) atoms. The highest BCUT2D eigenvalue weighted by Crippen LogP contribution is 2.32. The Morgan fingerprint density at radius 1 is 1.20 bits per heavy atom. The Morgan fingerprint density at radius 2 is 1.95 bits per heavy atom. The van der Waals surface area contributed by atoms with Crippen molar-refractivity contribution in [2.75, 3.05) is 6.61 Å². The van der Waals surface area contributed by atoms with Crippen molar-refractivity contribution in [1.82, 2.24) is 20.2 Å². The SMILES string of the molecule is OCC(Cc1nnnn1-c1ccccc1)C1CCCC1. The molecule has 1 aliphatic carbocycles. The van der Waals surface area contributed by atoms with E-state index in [1.165, 1.54) is 25.7 Å². The topological polar surface area (TPSA) is 63.8 Å². The lowest BCUT2D eigenvalue weighted by atomic mass is 9.88. The van der Waals surface area contributed by atoms with Crippen LogP contribution >= 0.6 is 0 Å². The summed E-state index contributed by atoms with van der Waals surface area (Å²) in [4.78, 5) is 0. The van der Waals surface area contributed by atoms with Crippen LogP contribution in [0.5, 0.6) is 0 Å². The first-order valence-corrected chi connectivity index (χ1v) is 7.32. The number of benzene rings is 1. The van der Waals surface area contributed by atoms with Crippen molar-refractivity contribution < 1.29 is 5.11 Å². The average molecular weight is 272 g/mol. The summed E-state index contributed by atoms with van der Waals surface area (Å²) in [5, 5.41) is 21.7. The van der Waals surface area contributed by atoms with Crippen molar-refractivity contribution >= 4 is 0 Å². The third-order valence-corrected chi connectivity index (χ3v) is 4.28. The first-order chi connectivity index (χ1) is 9.88. The molecule has 1 N–H and O–H groups in total. The molecule has 1 atom stereocenters. The highest BCUT2D eigenvalue weighted by molar-refractivity contribution is 5.30. The molecule has 1 aromatic heterocycles. The molecular formula is C15H20N4O. The van der Waals surface area contributed by atoms with Gasteiger partial charge >= 0.3 is 0 Å². The van der Waals surface area contributed by atoms with E-state index in [1.807, 2.05) is 30.3 Å². The van der Waals surface area contributed by atoms with Gasteiger partial charge in [0, 0.05) is 13.0 Å². The molecular weight excluding hydrogens is 252 g/mol. The zero-order chi connectivity index (χ0) is 13.8. The molecule has 0 radical (unpaired) electrons. The van der Waals surface area contributed by atoms with Crippen LogP contribution in [0.2, 0.25) is 0 Å². The van der Waals surface area contributed by atoms with E-state index in [0.29, 0.717) is 5.92 Å². The van der Waals surface area contributed by atoms with Crippen LogP contribution in [0.1, 0.15) is 31.5 Å². The summed E-state index contributed by atoms with van der Waals surface area (Å²) >= 11 is 0. The van der Waals surface area contributed by atoms with Gasteiger partial charge in [-0.2, -0.15) is 4.68 Å². The molecule has 1 aromatic carbocycles. The van der Waals surface area contributed by atoms with E-state index in [9.17, 15) is 5.11 Å². The fraction of sp³-hybridized carbons (Fsp3) is 0.533. The van der Waals surface area contributed by atoms with E-state index in [0.717, 1.165) is 17.9 Å². The molecule has 5 heteroatoms. The Hall–Kier alpha value is -1.75. The van der Waals surface area contributed by atoms with Gasteiger partial charge in [0.1, 0.15) is 0 Å². The summed E-state index contributed by atoms with van der Waals surface area (Å²) in [5.74, 6) is 1.72. The minimum atomic E-state index is 0.215. The number of para-hydroxylation sites is 1. The zero-order valence-electron chi connectivity index (χ0n) is 11.5. The molecule has 0 aliphatic heterocycles. The standard InChI is InChI=1S/C15H20N4O/c20-11-13(12-6-4-5-7-12)10-15-16-17-18-19(15)14-8-2-1-3-9-14/h1-3,8-9,12-13,20H,4-7,10-11H2. The normalized spacial score (nSPS) is 17.4.